The molecule has 0 aliphatic heterocycles. The van der Waals surface area contributed by atoms with E-state index in [1.807, 2.05) is 18.2 Å². The largest absolute Gasteiger partial charge is 0.244 e. The molecule has 0 radical (unpaired) electrons. The van der Waals surface area contributed by atoms with Crippen LogP contribution in [-0.4, -0.2) is 15.0 Å². The molecule has 84 valence electrons. The van der Waals surface area contributed by atoms with Gasteiger partial charge in [-0.05, 0) is 12.1 Å². The van der Waals surface area contributed by atoms with Gasteiger partial charge in [-0.15, -0.1) is 11.3 Å². The molecule has 3 rings (SSSR count). The van der Waals surface area contributed by atoms with Gasteiger partial charge in [0.05, 0.1) is 15.2 Å². The van der Waals surface area contributed by atoms with E-state index >= 15 is 0 Å². The first-order chi connectivity index (χ1) is 8.33. The van der Waals surface area contributed by atoms with Gasteiger partial charge < -0.3 is 0 Å². The second-order valence-electron chi connectivity index (χ2n) is 3.59. The maximum absolute atomic E-state index is 6.00. The van der Waals surface area contributed by atoms with Crippen molar-refractivity contribution in [1.82, 2.24) is 15.0 Å². The summed E-state index contributed by atoms with van der Waals surface area (Å²) in [5, 5.41) is 1.53. The van der Waals surface area contributed by atoms with E-state index in [1.165, 1.54) is 11.0 Å². The minimum Gasteiger partial charge on any atom is -0.244 e. The van der Waals surface area contributed by atoms with Crippen LogP contribution in [0.15, 0.2) is 36.8 Å². The molecule has 3 nitrogen and oxygen atoms in total. The number of fused-ring (bicyclic) bond motifs is 1. The van der Waals surface area contributed by atoms with Crippen LogP contribution in [0.1, 0.15) is 10.6 Å². The van der Waals surface area contributed by atoms with Crippen LogP contribution in [0, 0.1) is 0 Å². The molecule has 0 atom stereocenters. The van der Waals surface area contributed by atoms with E-state index < -0.39 is 0 Å². The molecule has 0 unspecified atom stereocenters. The van der Waals surface area contributed by atoms with E-state index in [9.17, 15) is 0 Å². The summed E-state index contributed by atoms with van der Waals surface area (Å²) in [5.41, 5.74) is 1.94. The van der Waals surface area contributed by atoms with Crippen molar-refractivity contribution in [3.05, 3.63) is 52.5 Å². The first kappa shape index (κ1) is 10.6. The number of benzene rings is 1. The van der Waals surface area contributed by atoms with Crippen LogP contribution in [0.3, 0.4) is 0 Å². The summed E-state index contributed by atoms with van der Waals surface area (Å²) < 4.78 is 1.19. The Morgan fingerprint density at radius 3 is 2.94 bits per heavy atom. The third-order valence-corrected chi connectivity index (χ3v) is 3.79. The number of rotatable bonds is 2. The van der Waals surface area contributed by atoms with Gasteiger partial charge in [-0.25, -0.2) is 15.0 Å². The highest BCUT2D eigenvalue weighted by atomic mass is 35.5. The fourth-order valence-electron chi connectivity index (χ4n) is 1.62. The highest BCUT2D eigenvalue weighted by molar-refractivity contribution is 7.18. The molecule has 0 amide bonds. The lowest BCUT2D eigenvalue weighted by molar-refractivity contribution is 1.06. The van der Waals surface area contributed by atoms with Crippen LogP contribution in [0.25, 0.3) is 10.2 Å². The molecule has 1 aromatic carbocycles. The minimum absolute atomic E-state index is 0.499. The van der Waals surface area contributed by atoms with E-state index in [-0.39, 0.29) is 0 Å². The average Bonchev–Trinajstić information content (AvgIpc) is 2.74. The van der Waals surface area contributed by atoms with Crippen LogP contribution in [0.5, 0.6) is 0 Å². The smallest absolute Gasteiger partial charge is 0.136 e. The summed E-state index contributed by atoms with van der Waals surface area (Å²) >= 11 is 7.67. The Labute approximate surface area is 107 Å². The van der Waals surface area contributed by atoms with Gasteiger partial charge in [0.2, 0.25) is 0 Å². The number of aromatic nitrogens is 3. The van der Waals surface area contributed by atoms with Crippen LogP contribution in [0.2, 0.25) is 5.15 Å². The van der Waals surface area contributed by atoms with Crippen molar-refractivity contribution >= 4 is 33.2 Å². The molecule has 2 aromatic heterocycles. The first-order valence-corrected chi connectivity index (χ1v) is 6.31. The molecular weight excluding hydrogens is 254 g/mol. The van der Waals surface area contributed by atoms with Gasteiger partial charge in [-0.1, -0.05) is 23.7 Å². The van der Waals surface area contributed by atoms with E-state index in [0.29, 0.717) is 11.6 Å². The van der Waals surface area contributed by atoms with Crippen molar-refractivity contribution in [3.8, 4) is 0 Å². The molecule has 0 N–H and O–H groups in total. The Kier molecular flexibility index (Phi) is 2.74. The molecule has 5 heteroatoms. The number of nitrogens with zero attached hydrogens (tertiary/aromatic N) is 3. The Morgan fingerprint density at radius 1 is 1.24 bits per heavy atom. The van der Waals surface area contributed by atoms with Gasteiger partial charge in [0.25, 0.3) is 0 Å². The van der Waals surface area contributed by atoms with E-state index in [1.54, 1.807) is 17.5 Å². The van der Waals surface area contributed by atoms with Gasteiger partial charge in [0.1, 0.15) is 11.5 Å². The Bertz CT molecular complexity index is 632. The van der Waals surface area contributed by atoms with Crippen LogP contribution in [0.4, 0.5) is 0 Å². The Balaban J connectivity index is 1.98. The molecule has 0 saturated carbocycles. The lowest BCUT2D eigenvalue weighted by Gasteiger charge is -1.98. The molecule has 0 saturated heterocycles. The monoisotopic (exact) mass is 261 g/mol. The number of hydrogen-bond donors (Lipinski definition) is 0. The van der Waals surface area contributed by atoms with Crippen molar-refractivity contribution in [2.75, 3.05) is 0 Å². The maximum Gasteiger partial charge on any atom is 0.136 e. The topological polar surface area (TPSA) is 38.7 Å². The maximum atomic E-state index is 6.00. The number of thiazole rings is 1. The number of para-hydroxylation sites is 1. The zero-order valence-electron chi connectivity index (χ0n) is 8.80. The summed E-state index contributed by atoms with van der Waals surface area (Å²) in [7, 11) is 0. The summed E-state index contributed by atoms with van der Waals surface area (Å²) in [6.45, 7) is 0. The summed E-state index contributed by atoms with van der Waals surface area (Å²) in [6, 6.07) is 8.09. The van der Waals surface area contributed by atoms with Crippen LogP contribution in [-0.2, 0) is 6.42 Å². The molecule has 17 heavy (non-hydrogen) atoms. The average molecular weight is 262 g/mol. The van der Waals surface area contributed by atoms with Crippen molar-refractivity contribution < 1.29 is 0 Å². The highest BCUT2D eigenvalue weighted by Gasteiger charge is 2.07. The first-order valence-electron chi connectivity index (χ1n) is 5.12. The van der Waals surface area contributed by atoms with Gasteiger partial charge >= 0.3 is 0 Å². The predicted molar refractivity (Wildman–Crippen MR) is 69.5 cm³/mol. The third kappa shape index (κ3) is 2.14. The molecular formula is C12H8ClN3S. The normalized spacial score (nSPS) is 10.9. The van der Waals surface area contributed by atoms with E-state index in [0.717, 1.165) is 16.1 Å². The fourth-order valence-corrected chi connectivity index (χ4v) is 2.77. The molecule has 0 bridgehead atoms. The van der Waals surface area contributed by atoms with Crippen LogP contribution < -0.4 is 0 Å². The number of halogens is 1. The predicted octanol–water partition coefficient (Wildman–Crippen LogP) is 3.33. The molecule has 0 fully saturated rings. The van der Waals surface area contributed by atoms with Gasteiger partial charge in [0, 0.05) is 18.2 Å². The summed E-state index contributed by atoms with van der Waals surface area (Å²) in [4.78, 5) is 12.5. The lowest BCUT2D eigenvalue weighted by Crippen LogP contribution is -1.91. The fraction of sp³-hybridized carbons (Fsp3) is 0.0833. The second-order valence-corrected chi connectivity index (χ2v) is 5.06. The molecule has 2 heterocycles. The van der Waals surface area contributed by atoms with Gasteiger partial charge in [-0.3, -0.25) is 0 Å². The molecule has 0 aliphatic carbocycles. The van der Waals surface area contributed by atoms with Gasteiger partial charge in [-0.2, -0.15) is 0 Å². The van der Waals surface area contributed by atoms with E-state index in [4.69, 9.17) is 11.6 Å². The lowest BCUT2D eigenvalue weighted by atomic mass is 10.2. The molecule has 0 aliphatic rings. The zero-order chi connectivity index (χ0) is 11.7. The minimum atomic E-state index is 0.499. The zero-order valence-corrected chi connectivity index (χ0v) is 10.4. The molecule has 0 spiro atoms. The summed E-state index contributed by atoms with van der Waals surface area (Å²) in [6.07, 6.45) is 3.87. The quantitative estimate of drug-likeness (QED) is 0.664. The highest BCUT2D eigenvalue weighted by Crippen LogP contribution is 2.24. The van der Waals surface area contributed by atoms with E-state index in [2.05, 4.69) is 21.0 Å². The third-order valence-electron chi connectivity index (χ3n) is 2.41. The Morgan fingerprint density at radius 2 is 2.12 bits per heavy atom. The van der Waals surface area contributed by atoms with Gasteiger partial charge in [0.15, 0.2) is 0 Å². The number of hydrogen-bond acceptors (Lipinski definition) is 4. The van der Waals surface area contributed by atoms with Crippen molar-refractivity contribution in [3.63, 3.8) is 0 Å². The summed E-state index contributed by atoms with van der Waals surface area (Å²) in [5.74, 6) is 0. The van der Waals surface area contributed by atoms with Crippen molar-refractivity contribution in [1.29, 1.82) is 0 Å². The SMILES string of the molecule is Clc1ncncc1Cc1nc2ccccc2s1. The van der Waals surface area contributed by atoms with Crippen molar-refractivity contribution in [2.24, 2.45) is 0 Å². The Hall–Kier alpha value is -1.52. The molecule has 3 aromatic rings. The standard InChI is InChI=1S/C12H8ClN3S/c13-12-8(6-14-7-15-12)5-11-16-9-3-1-2-4-10(9)17-11/h1-4,6-7H,5H2. The second kappa shape index (κ2) is 4.39. The van der Waals surface area contributed by atoms with Crippen molar-refractivity contribution in [2.45, 2.75) is 6.42 Å². The van der Waals surface area contributed by atoms with Crippen LogP contribution >= 0.6 is 22.9 Å².